The highest BCUT2D eigenvalue weighted by Crippen LogP contribution is 2.30. The van der Waals surface area contributed by atoms with Crippen molar-refractivity contribution in [3.8, 4) is 11.3 Å². The minimum Gasteiger partial charge on any atom is -0.396 e. The summed E-state index contributed by atoms with van der Waals surface area (Å²) >= 11 is 3.56. The van der Waals surface area contributed by atoms with E-state index in [-0.39, 0.29) is 0 Å². The molecule has 1 aromatic heterocycles. The molecule has 0 saturated heterocycles. The number of anilines is 1. The molecule has 1 heterocycles. The number of rotatable bonds is 1. The lowest BCUT2D eigenvalue weighted by atomic mass is 10.0. The lowest BCUT2D eigenvalue weighted by Gasteiger charge is -2.09. The van der Waals surface area contributed by atoms with Crippen molar-refractivity contribution in [2.75, 3.05) is 5.73 Å². The lowest BCUT2D eigenvalue weighted by Crippen LogP contribution is -1.97. The highest BCUT2D eigenvalue weighted by molar-refractivity contribution is 9.10. The molecule has 0 spiro atoms. The van der Waals surface area contributed by atoms with Crippen LogP contribution in [0.4, 0.5) is 5.69 Å². The van der Waals surface area contributed by atoms with Gasteiger partial charge in [0.05, 0.1) is 17.6 Å². The highest BCUT2D eigenvalue weighted by Gasteiger charge is 2.10. The number of hydrogen-bond donors (Lipinski definition) is 1. The van der Waals surface area contributed by atoms with Gasteiger partial charge in [-0.15, -0.1) is 0 Å². The average Bonchev–Trinajstić information content (AvgIpc) is 2.54. The summed E-state index contributed by atoms with van der Waals surface area (Å²) in [6.07, 6.45) is 1.68. The summed E-state index contributed by atoms with van der Waals surface area (Å²) in [6.45, 7) is 4.15. The van der Waals surface area contributed by atoms with Crippen molar-refractivity contribution in [1.82, 2.24) is 9.78 Å². The lowest BCUT2D eigenvalue weighted by molar-refractivity contribution is 0.776. The number of nitrogens with zero attached hydrogens (tertiary/aromatic N) is 2. The van der Waals surface area contributed by atoms with E-state index in [2.05, 4.69) is 47.0 Å². The van der Waals surface area contributed by atoms with E-state index in [4.69, 9.17) is 5.73 Å². The molecule has 2 aromatic rings. The molecule has 0 aliphatic heterocycles. The summed E-state index contributed by atoms with van der Waals surface area (Å²) in [5, 5.41) is 4.15. The van der Waals surface area contributed by atoms with Gasteiger partial charge in [-0.25, -0.2) is 0 Å². The van der Waals surface area contributed by atoms with Gasteiger partial charge in [0.25, 0.3) is 0 Å². The van der Waals surface area contributed by atoms with Crippen LogP contribution in [0.1, 0.15) is 11.1 Å². The van der Waals surface area contributed by atoms with Gasteiger partial charge in [-0.05, 0) is 37.1 Å². The third kappa shape index (κ3) is 1.73. The number of hydrogen-bond acceptors (Lipinski definition) is 2. The van der Waals surface area contributed by atoms with Crippen LogP contribution in [0.3, 0.4) is 0 Å². The van der Waals surface area contributed by atoms with Crippen LogP contribution in [0, 0.1) is 13.8 Å². The minimum atomic E-state index is 0.712. The van der Waals surface area contributed by atoms with E-state index in [1.165, 1.54) is 11.1 Å². The molecule has 4 heteroatoms. The van der Waals surface area contributed by atoms with Gasteiger partial charge in [-0.3, -0.25) is 4.68 Å². The van der Waals surface area contributed by atoms with E-state index >= 15 is 0 Å². The zero-order valence-electron chi connectivity index (χ0n) is 9.58. The van der Waals surface area contributed by atoms with E-state index in [1.807, 2.05) is 7.05 Å². The molecule has 3 nitrogen and oxygen atoms in total. The first-order valence-corrected chi connectivity index (χ1v) is 5.84. The van der Waals surface area contributed by atoms with Gasteiger partial charge in [0.15, 0.2) is 0 Å². The van der Waals surface area contributed by atoms with Gasteiger partial charge in [-0.2, -0.15) is 5.10 Å². The Kier molecular flexibility index (Phi) is 2.76. The molecular formula is C12H14BrN3. The molecule has 0 bridgehead atoms. The number of nitrogen functional groups attached to an aromatic ring is 1. The van der Waals surface area contributed by atoms with Crippen LogP contribution in [0.15, 0.2) is 22.8 Å². The van der Waals surface area contributed by atoms with Crippen LogP contribution >= 0.6 is 15.9 Å². The van der Waals surface area contributed by atoms with Crippen LogP contribution in [0.25, 0.3) is 11.3 Å². The zero-order chi connectivity index (χ0) is 11.9. The first kappa shape index (κ1) is 11.2. The Morgan fingerprint density at radius 3 is 2.25 bits per heavy atom. The van der Waals surface area contributed by atoms with E-state index in [0.29, 0.717) is 5.69 Å². The largest absolute Gasteiger partial charge is 0.396 e. The van der Waals surface area contributed by atoms with E-state index < -0.39 is 0 Å². The fraction of sp³-hybridized carbons (Fsp3) is 0.250. The Bertz CT molecular complexity index is 501. The quantitative estimate of drug-likeness (QED) is 0.872. The average molecular weight is 280 g/mol. The van der Waals surface area contributed by atoms with Crippen molar-refractivity contribution in [2.24, 2.45) is 7.05 Å². The van der Waals surface area contributed by atoms with Crippen molar-refractivity contribution in [3.63, 3.8) is 0 Å². The van der Waals surface area contributed by atoms with Crippen molar-refractivity contribution in [2.45, 2.75) is 13.8 Å². The van der Waals surface area contributed by atoms with Crippen molar-refractivity contribution >= 4 is 21.6 Å². The van der Waals surface area contributed by atoms with E-state index in [9.17, 15) is 0 Å². The maximum atomic E-state index is 5.92. The van der Waals surface area contributed by atoms with Gasteiger partial charge in [0.1, 0.15) is 0 Å². The maximum Gasteiger partial charge on any atom is 0.0908 e. The molecule has 1 aromatic carbocycles. The molecule has 0 amide bonds. The summed E-state index contributed by atoms with van der Waals surface area (Å²) in [6, 6.07) is 4.23. The van der Waals surface area contributed by atoms with Gasteiger partial charge in [0.2, 0.25) is 0 Å². The van der Waals surface area contributed by atoms with Crippen molar-refractivity contribution in [3.05, 3.63) is 33.9 Å². The predicted octanol–water partition coefficient (Wildman–Crippen LogP) is 3.05. The Labute approximate surface area is 103 Å². The van der Waals surface area contributed by atoms with E-state index in [1.54, 1.807) is 10.9 Å². The van der Waals surface area contributed by atoms with Crippen molar-refractivity contribution in [1.29, 1.82) is 0 Å². The Balaban J connectivity index is 2.66. The standard InChI is InChI=1S/C12H14BrN3/c1-7-4-9(5-8(2)11(7)13)12-10(14)6-15-16(12)3/h4-6H,14H2,1-3H3. The molecule has 16 heavy (non-hydrogen) atoms. The van der Waals surface area contributed by atoms with Crippen LogP contribution in [0.5, 0.6) is 0 Å². The van der Waals surface area contributed by atoms with Crippen LogP contribution in [-0.4, -0.2) is 9.78 Å². The smallest absolute Gasteiger partial charge is 0.0908 e. The molecule has 0 atom stereocenters. The predicted molar refractivity (Wildman–Crippen MR) is 70.2 cm³/mol. The molecule has 0 aliphatic carbocycles. The minimum absolute atomic E-state index is 0.712. The normalized spacial score (nSPS) is 10.8. The van der Waals surface area contributed by atoms with Gasteiger partial charge in [0, 0.05) is 17.1 Å². The Morgan fingerprint density at radius 1 is 1.25 bits per heavy atom. The molecule has 0 fully saturated rings. The third-order valence-corrected chi connectivity index (χ3v) is 3.93. The van der Waals surface area contributed by atoms with Gasteiger partial charge < -0.3 is 5.73 Å². The number of aryl methyl sites for hydroxylation is 3. The molecule has 0 saturated carbocycles. The molecular weight excluding hydrogens is 266 g/mol. The number of nitrogens with two attached hydrogens (primary N) is 1. The Hall–Kier alpha value is -1.29. The first-order valence-electron chi connectivity index (χ1n) is 5.05. The SMILES string of the molecule is Cc1cc(-c2c(N)cnn2C)cc(C)c1Br. The maximum absolute atomic E-state index is 5.92. The Morgan fingerprint density at radius 2 is 1.81 bits per heavy atom. The summed E-state index contributed by atoms with van der Waals surface area (Å²) in [7, 11) is 1.90. The van der Waals surface area contributed by atoms with Crippen LogP contribution in [-0.2, 0) is 7.05 Å². The molecule has 2 rings (SSSR count). The molecule has 0 unspecified atom stereocenters. The second-order valence-corrected chi connectivity index (χ2v) is 4.79. The van der Waals surface area contributed by atoms with Crippen LogP contribution in [0.2, 0.25) is 0 Å². The number of aromatic nitrogens is 2. The third-order valence-electron chi connectivity index (χ3n) is 2.68. The highest BCUT2D eigenvalue weighted by atomic mass is 79.9. The summed E-state index contributed by atoms with van der Waals surface area (Å²) < 4.78 is 2.95. The van der Waals surface area contributed by atoms with Gasteiger partial charge >= 0.3 is 0 Å². The van der Waals surface area contributed by atoms with Crippen LogP contribution < -0.4 is 5.73 Å². The number of halogens is 1. The number of benzene rings is 1. The summed E-state index contributed by atoms with van der Waals surface area (Å²) in [5.41, 5.74) is 11.1. The van der Waals surface area contributed by atoms with E-state index in [0.717, 1.165) is 15.7 Å². The molecule has 0 aliphatic rings. The second kappa shape index (κ2) is 3.94. The van der Waals surface area contributed by atoms with Gasteiger partial charge in [-0.1, -0.05) is 15.9 Å². The fourth-order valence-corrected chi connectivity index (χ4v) is 2.12. The molecule has 2 N–H and O–H groups in total. The summed E-state index contributed by atoms with van der Waals surface area (Å²) in [4.78, 5) is 0. The topological polar surface area (TPSA) is 43.8 Å². The zero-order valence-corrected chi connectivity index (χ0v) is 11.2. The monoisotopic (exact) mass is 279 g/mol. The molecule has 0 radical (unpaired) electrons. The second-order valence-electron chi connectivity index (χ2n) is 4.00. The first-order chi connectivity index (χ1) is 7.50. The molecule has 84 valence electrons. The van der Waals surface area contributed by atoms with Crippen molar-refractivity contribution < 1.29 is 0 Å². The fourth-order valence-electron chi connectivity index (χ4n) is 1.89. The summed E-state index contributed by atoms with van der Waals surface area (Å²) in [5.74, 6) is 0.